The minimum absolute atomic E-state index is 0.0365. The van der Waals surface area contributed by atoms with E-state index >= 15 is 0 Å². The Balaban J connectivity index is 1.62. The molecule has 152 valence electrons. The molecule has 2 heterocycles. The summed E-state index contributed by atoms with van der Waals surface area (Å²) in [5.74, 6) is -0.0936. The summed E-state index contributed by atoms with van der Waals surface area (Å²) in [6.07, 6.45) is -1.09. The van der Waals surface area contributed by atoms with Gasteiger partial charge in [-0.2, -0.15) is 13.2 Å². The molecule has 0 unspecified atom stereocenters. The van der Waals surface area contributed by atoms with Crippen LogP contribution in [0.2, 0.25) is 0 Å². The number of pyridine rings is 1. The third-order valence-electron chi connectivity index (χ3n) is 4.21. The maximum absolute atomic E-state index is 12.8. The molecule has 9 heteroatoms. The van der Waals surface area contributed by atoms with Crippen LogP contribution in [0.25, 0.3) is 0 Å². The number of aromatic nitrogens is 2. The van der Waals surface area contributed by atoms with Crippen molar-refractivity contribution in [1.82, 2.24) is 15.0 Å². The molecule has 3 aromatic rings. The molecule has 0 aliphatic rings. The highest BCUT2D eigenvalue weighted by Gasteiger charge is 2.30. The molecule has 0 N–H and O–H groups in total. The molecular weight excluding hydrogens is 387 g/mol. The highest BCUT2D eigenvalue weighted by atomic mass is 19.4. The Morgan fingerprint density at radius 2 is 2.03 bits per heavy atom. The molecule has 6 nitrogen and oxygen atoms in total. The van der Waals surface area contributed by atoms with Crippen LogP contribution in [0.3, 0.4) is 0 Å². The van der Waals surface area contributed by atoms with Crippen molar-refractivity contribution in [3.8, 4) is 5.75 Å². The Bertz CT molecular complexity index is 1000. The Hall–Kier alpha value is -3.36. The SMILES string of the molecule is Cc1cnccc1CN(C)C(=O)c1cc(COc2cccc(C(F)(F)F)c2)on1. The number of benzene rings is 1. The van der Waals surface area contributed by atoms with Crippen molar-refractivity contribution in [3.63, 3.8) is 0 Å². The second-order valence-electron chi connectivity index (χ2n) is 6.46. The van der Waals surface area contributed by atoms with Crippen LogP contribution < -0.4 is 4.74 Å². The van der Waals surface area contributed by atoms with Gasteiger partial charge < -0.3 is 14.2 Å². The van der Waals surface area contributed by atoms with E-state index in [0.29, 0.717) is 6.54 Å². The second kappa shape index (κ2) is 8.34. The minimum Gasteiger partial charge on any atom is -0.486 e. The predicted molar refractivity (Wildman–Crippen MR) is 97.1 cm³/mol. The van der Waals surface area contributed by atoms with Gasteiger partial charge in [-0.15, -0.1) is 0 Å². The van der Waals surface area contributed by atoms with E-state index in [-0.39, 0.29) is 29.7 Å². The number of halogens is 3. The molecule has 0 saturated carbocycles. The number of carbonyl (C=O) groups is 1. The van der Waals surface area contributed by atoms with Crippen molar-refractivity contribution in [2.45, 2.75) is 26.3 Å². The van der Waals surface area contributed by atoms with E-state index in [1.807, 2.05) is 13.0 Å². The fourth-order valence-corrected chi connectivity index (χ4v) is 2.60. The van der Waals surface area contributed by atoms with Gasteiger partial charge in [0.15, 0.2) is 11.5 Å². The van der Waals surface area contributed by atoms with Gasteiger partial charge in [-0.3, -0.25) is 9.78 Å². The third kappa shape index (κ3) is 5.13. The van der Waals surface area contributed by atoms with Gasteiger partial charge in [0, 0.05) is 32.1 Å². The zero-order valence-corrected chi connectivity index (χ0v) is 15.7. The maximum Gasteiger partial charge on any atom is 0.416 e. The van der Waals surface area contributed by atoms with Crippen LogP contribution in [0.1, 0.15) is 32.9 Å². The monoisotopic (exact) mass is 405 g/mol. The highest BCUT2D eigenvalue weighted by molar-refractivity contribution is 5.92. The quantitative estimate of drug-likeness (QED) is 0.613. The van der Waals surface area contributed by atoms with E-state index in [9.17, 15) is 18.0 Å². The summed E-state index contributed by atoms with van der Waals surface area (Å²) < 4.78 is 48.7. The number of amides is 1. The van der Waals surface area contributed by atoms with Gasteiger partial charge >= 0.3 is 6.18 Å². The van der Waals surface area contributed by atoms with Gasteiger partial charge in [-0.1, -0.05) is 11.2 Å². The molecule has 0 radical (unpaired) electrons. The van der Waals surface area contributed by atoms with Crippen LogP contribution in [0.4, 0.5) is 13.2 Å². The van der Waals surface area contributed by atoms with Gasteiger partial charge in [-0.25, -0.2) is 0 Å². The molecule has 0 bridgehead atoms. The lowest BCUT2D eigenvalue weighted by Gasteiger charge is -2.16. The molecule has 29 heavy (non-hydrogen) atoms. The van der Waals surface area contributed by atoms with Crippen molar-refractivity contribution in [3.05, 3.63) is 76.9 Å². The van der Waals surface area contributed by atoms with Gasteiger partial charge in [0.05, 0.1) is 5.56 Å². The molecule has 0 saturated heterocycles. The first-order chi connectivity index (χ1) is 13.7. The molecule has 2 aromatic heterocycles. The number of alkyl halides is 3. The first-order valence-corrected chi connectivity index (χ1v) is 8.64. The lowest BCUT2D eigenvalue weighted by atomic mass is 10.1. The van der Waals surface area contributed by atoms with E-state index in [0.717, 1.165) is 23.3 Å². The maximum atomic E-state index is 12.8. The van der Waals surface area contributed by atoms with E-state index in [1.54, 1.807) is 19.4 Å². The molecule has 3 rings (SSSR count). The van der Waals surface area contributed by atoms with Crippen molar-refractivity contribution in [2.24, 2.45) is 0 Å². The van der Waals surface area contributed by atoms with Gasteiger partial charge in [0.2, 0.25) is 0 Å². The Kier molecular flexibility index (Phi) is 5.86. The lowest BCUT2D eigenvalue weighted by Crippen LogP contribution is -2.26. The average molecular weight is 405 g/mol. The van der Waals surface area contributed by atoms with E-state index < -0.39 is 11.7 Å². The summed E-state index contributed by atoms with van der Waals surface area (Å²) in [4.78, 5) is 18.0. The van der Waals surface area contributed by atoms with Crippen molar-refractivity contribution < 1.29 is 27.2 Å². The molecule has 1 aromatic carbocycles. The topological polar surface area (TPSA) is 68.5 Å². The minimum atomic E-state index is -4.46. The van der Waals surface area contributed by atoms with E-state index in [4.69, 9.17) is 9.26 Å². The summed E-state index contributed by atoms with van der Waals surface area (Å²) in [5, 5.41) is 3.73. The Morgan fingerprint density at radius 3 is 2.76 bits per heavy atom. The predicted octanol–water partition coefficient (Wildman–Crippen LogP) is 4.25. The molecule has 0 fully saturated rings. The first-order valence-electron chi connectivity index (χ1n) is 8.64. The summed E-state index contributed by atoms with van der Waals surface area (Å²) in [6, 6.07) is 7.75. The molecule has 1 amide bonds. The number of hydrogen-bond acceptors (Lipinski definition) is 5. The first kappa shape index (κ1) is 20.4. The number of ether oxygens (including phenoxy) is 1. The van der Waals surface area contributed by atoms with Crippen LogP contribution >= 0.6 is 0 Å². The summed E-state index contributed by atoms with van der Waals surface area (Å²) in [6.45, 7) is 2.12. The lowest BCUT2D eigenvalue weighted by molar-refractivity contribution is -0.137. The van der Waals surface area contributed by atoms with Crippen LogP contribution in [0, 0.1) is 6.92 Å². The highest BCUT2D eigenvalue weighted by Crippen LogP contribution is 2.31. The van der Waals surface area contributed by atoms with Crippen molar-refractivity contribution >= 4 is 5.91 Å². The van der Waals surface area contributed by atoms with Crippen LogP contribution in [-0.4, -0.2) is 28.0 Å². The summed E-state index contributed by atoms with van der Waals surface area (Å²) in [5.41, 5.74) is 1.19. The smallest absolute Gasteiger partial charge is 0.416 e. The second-order valence-corrected chi connectivity index (χ2v) is 6.46. The summed E-state index contributed by atoms with van der Waals surface area (Å²) in [7, 11) is 1.63. The largest absolute Gasteiger partial charge is 0.486 e. The van der Waals surface area contributed by atoms with Gasteiger partial charge in [0.1, 0.15) is 12.4 Å². The zero-order valence-electron chi connectivity index (χ0n) is 15.7. The van der Waals surface area contributed by atoms with Crippen LogP contribution in [0.5, 0.6) is 5.75 Å². The molecule has 0 aliphatic heterocycles. The molecule has 0 atom stereocenters. The fourth-order valence-electron chi connectivity index (χ4n) is 2.60. The average Bonchev–Trinajstić information content (AvgIpc) is 3.16. The zero-order chi connectivity index (χ0) is 21.0. The standard InChI is InChI=1S/C20H18F3N3O3/c1-13-10-24-7-6-14(13)11-26(2)19(27)18-9-17(29-25-18)12-28-16-5-3-4-15(8-16)20(21,22)23/h3-10H,11-12H2,1-2H3. The van der Waals surface area contributed by atoms with Crippen molar-refractivity contribution in [2.75, 3.05) is 7.05 Å². The third-order valence-corrected chi connectivity index (χ3v) is 4.21. The number of carbonyl (C=O) groups excluding carboxylic acids is 1. The molecular formula is C20H18F3N3O3. The number of nitrogens with zero attached hydrogens (tertiary/aromatic N) is 3. The molecule has 0 aliphatic carbocycles. The normalized spacial score (nSPS) is 11.3. The molecule has 0 spiro atoms. The van der Waals surface area contributed by atoms with Crippen LogP contribution in [0.15, 0.2) is 53.3 Å². The van der Waals surface area contributed by atoms with E-state index in [1.165, 1.54) is 23.1 Å². The van der Waals surface area contributed by atoms with Crippen molar-refractivity contribution in [1.29, 1.82) is 0 Å². The number of aryl methyl sites for hydroxylation is 1. The Morgan fingerprint density at radius 1 is 1.24 bits per heavy atom. The van der Waals surface area contributed by atoms with Gasteiger partial charge in [-0.05, 0) is 42.3 Å². The fraction of sp³-hybridized carbons (Fsp3) is 0.250. The summed E-state index contributed by atoms with van der Waals surface area (Å²) >= 11 is 0. The van der Waals surface area contributed by atoms with Gasteiger partial charge in [0.25, 0.3) is 5.91 Å². The number of hydrogen-bond donors (Lipinski definition) is 0. The Labute approximate surface area is 164 Å². The number of rotatable bonds is 6. The van der Waals surface area contributed by atoms with Crippen LogP contribution in [-0.2, 0) is 19.3 Å². The van der Waals surface area contributed by atoms with E-state index in [2.05, 4.69) is 10.1 Å².